The molecule has 3 nitrogen and oxygen atoms in total. The zero-order chi connectivity index (χ0) is 17.1. The average molecular weight is 388 g/mol. The van der Waals surface area contributed by atoms with Crippen LogP contribution in [0, 0.1) is 5.92 Å². The molecule has 1 aliphatic heterocycles. The van der Waals surface area contributed by atoms with Gasteiger partial charge in [0.25, 0.3) is 0 Å². The molecule has 0 bridgehead atoms. The fourth-order valence-electron chi connectivity index (χ4n) is 2.39. The Balaban J connectivity index is 2.82. The predicted octanol–water partition coefficient (Wildman–Crippen LogP) is 3.68. The van der Waals surface area contributed by atoms with E-state index in [1.54, 1.807) is 0 Å². The Hall–Kier alpha value is -0.354. The summed E-state index contributed by atoms with van der Waals surface area (Å²) >= 11 is 0.356. The van der Waals surface area contributed by atoms with Crippen molar-refractivity contribution >= 4 is 29.2 Å². The maximum absolute atomic E-state index is 12.5. The Morgan fingerprint density at radius 2 is 1.95 bits per heavy atom. The maximum atomic E-state index is 12.5. The van der Waals surface area contributed by atoms with Crippen LogP contribution in [0.3, 0.4) is 0 Å². The minimum atomic E-state index is -1.85. The third kappa shape index (κ3) is 4.13. The molecule has 5 heteroatoms. The predicted molar refractivity (Wildman–Crippen MR) is 97.7 cm³/mol. The van der Waals surface area contributed by atoms with Crippen LogP contribution in [0.4, 0.5) is 0 Å². The van der Waals surface area contributed by atoms with Crippen molar-refractivity contribution < 1.29 is 9.22 Å². The summed E-state index contributed by atoms with van der Waals surface area (Å²) in [5.41, 5.74) is 0. The first-order valence-corrected chi connectivity index (χ1v) is 13.0. The van der Waals surface area contributed by atoms with E-state index in [9.17, 15) is 4.79 Å². The van der Waals surface area contributed by atoms with E-state index in [0.717, 1.165) is 5.32 Å². The van der Waals surface area contributed by atoms with Crippen LogP contribution in [0.2, 0.25) is 23.5 Å². The number of allylic oxidation sites excluding steroid dienone is 1. The van der Waals surface area contributed by atoms with Gasteiger partial charge >= 0.3 is 143 Å². The van der Waals surface area contributed by atoms with Crippen LogP contribution in [0.1, 0.15) is 27.7 Å². The number of hydrogen-bond acceptors (Lipinski definition) is 2. The first kappa shape index (κ1) is 19.7. The van der Waals surface area contributed by atoms with Gasteiger partial charge in [-0.2, -0.15) is 0 Å². The molecular weight excluding hydrogens is 357 g/mol. The van der Waals surface area contributed by atoms with Gasteiger partial charge in [-0.05, 0) is 0 Å². The summed E-state index contributed by atoms with van der Waals surface area (Å²) in [7, 11) is -1.85. The Morgan fingerprint density at radius 1 is 1.36 bits per heavy atom. The quantitative estimate of drug-likeness (QED) is 0.361. The van der Waals surface area contributed by atoms with Crippen molar-refractivity contribution in [3.8, 4) is 0 Å². The van der Waals surface area contributed by atoms with Crippen LogP contribution in [-0.4, -0.2) is 51.7 Å². The Morgan fingerprint density at radius 3 is 2.41 bits per heavy atom. The normalized spacial score (nSPS) is 23.9. The molecule has 1 fully saturated rings. The first-order chi connectivity index (χ1) is 10.1. The SMILES string of the molecule is C=CC[Se][C@@H]1[C@@H]([C@@H](C)O[Si](C)(C)C(C)(C)C)C(=O)N1CC=C. The molecule has 0 aromatic carbocycles. The summed E-state index contributed by atoms with van der Waals surface area (Å²) in [5.74, 6) is 0.232. The molecule has 126 valence electrons. The molecule has 0 saturated carbocycles. The van der Waals surface area contributed by atoms with Crippen LogP contribution in [0.25, 0.3) is 0 Å². The second kappa shape index (κ2) is 7.48. The zero-order valence-corrected chi connectivity index (χ0v) is 17.6. The van der Waals surface area contributed by atoms with E-state index in [1.165, 1.54) is 0 Å². The molecule has 1 aliphatic rings. The van der Waals surface area contributed by atoms with Gasteiger partial charge in [0.15, 0.2) is 0 Å². The van der Waals surface area contributed by atoms with Gasteiger partial charge in [-0.25, -0.2) is 0 Å². The van der Waals surface area contributed by atoms with E-state index in [4.69, 9.17) is 4.43 Å². The van der Waals surface area contributed by atoms with Gasteiger partial charge in [0, 0.05) is 0 Å². The molecular formula is C17H31NO2SeSi. The van der Waals surface area contributed by atoms with Crippen molar-refractivity contribution in [2.24, 2.45) is 5.92 Å². The third-order valence-electron chi connectivity index (χ3n) is 4.69. The molecule has 1 amide bonds. The van der Waals surface area contributed by atoms with Gasteiger partial charge < -0.3 is 0 Å². The second-order valence-electron chi connectivity index (χ2n) is 7.40. The summed E-state index contributed by atoms with van der Waals surface area (Å²) in [6, 6.07) is 0. The van der Waals surface area contributed by atoms with Gasteiger partial charge in [0.1, 0.15) is 0 Å². The van der Waals surface area contributed by atoms with Gasteiger partial charge in [0.2, 0.25) is 0 Å². The fraction of sp³-hybridized carbons (Fsp3) is 0.706. The van der Waals surface area contributed by atoms with E-state index >= 15 is 0 Å². The number of β-lactam (4-membered cyclic amide) rings is 1. The molecule has 0 aromatic heterocycles. The van der Waals surface area contributed by atoms with Gasteiger partial charge in [-0.3, -0.25) is 0 Å². The Bertz CT molecular complexity index is 431. The molecule has 0 aliphatic carbocycles. The molecule has 0 radical (unpaired) electrons. The monoisotopic (exact) mass is 389 g/mol. The van der Waals surface area contributed by atoms with Crippen molar-refractivity contribution in [2.75, 3.05) is 6.54 Å². The molecule has 1 saturated heterocycles. The minimum absolute atomic E-state index is 0.00820. The fourth-order valence-corrected chi connectivity index (χ4v) is 6.44. The molecule has 1 heterocycles. The number of rotatable bonds is 8. The number of nitrogens with zero attached hydrogens (tertiary/aromatic N) is 1. The third-order valence-corrected chi connectivity index (χ3v) is 12.0. The van der Waals surface area contributed by atoms with E-state index in [0.29, 0.717) is 26.4 Å². The van der Waals surface area contributed by atoms with Gasteiger partial charge in [0.05, 0.1) is 0 Å². The van der Waals surface area contributed by atoms with Crippen molar-refractivity contribution in [3.05, 3.63) is 25.3 Å². The Labute approximate surface area is 143 Å². The zero-order valence-electron chi connectivity index (χ0n) is 14.9. The van der Waals surface area contributed by atoms with E-state index < -0.39 is 8.32 Å². The van der Waals surface area contributed by atoms with Crippen molar-refractivity contribution in [1.82, 2.24) is 4.90 Å². The second-order valence-corrected chi connectivity index (χ2v) is 14.6. The topological polar surface area (TPSA) is 29.5 Å². The van der Waals surface area contributed by atoms with Crippen LogP contribution in [0.15, 0.2) is 25.3 Å². The standard InChI is InChI=1S/C17H31NO2SeSi/c1-9-11-18-15(19)14(16(18)21-12-10-2)13(3)20-22(7,8)17(4,5)6/h9-10,13-14,16H,1-2,11-12H2,3-8H3/t13-,14+,16-/m1/s1. The number of amides is 1. The van der Waals surface area contributed by atoms with Crippen LogP contribution in [0.5, 0.6) is 0 Å². The van der Waals surface area contributed by atoms with Crippen molar-refractivity contribution in [2.45, 2.75) is 62.2 Å². The molecule has 0 spiro atoms. The van der Waals surface area contributed by atoms with Crippen LogP contribution in [-0.2, 0) is 9.22 Å². The van der Waals surface area contributed by atoms with E-state index in [1.807, 2.05) is 17.1 Å². The summed E-state index contributed by atoms with van der Waals surface area (Å²) in [6.07, 6.45) is 3.75. The van der Waals surface area contributed by atoms with E-state index in [-0.39, 0.29) is 23.0 Å². The number of carbonyl (C=O) groups is 1. The molecule has 0 N–H and O–H groups in total. The summed E-state index contributed by atoms with van der Waals surface area (Å²) < 4.78 is 6.46. The number of likely N-dealkylation sites (tertiary alicyclic amines) is 1. The molecule has 22 heavy (non-hydrogen) atoms. The van der Waals surface area contributed by atoms with Gasteiger partial charge in [-0.1, -0.05) is 0 Å². The first-order valence-electron chi connectivity index (χ1n) is 7.88. The molecule has 0 aromatic rings. The average Bonchev–Trinajstić information content (AvgIpc) is 2.38. The molecule has 1 rings (SSSR count). The van der Waals surface area contributed by atoms with Crippen LogP contribution < -0.4 is 0 Å². The number of carbonyl (C=O) groups excluding carboxylic acids is 1. The van der Waals surface area contributed by atoms with Crippen LogP contribution >= 0.6 is 0 Å². The number of hydrogen-bond donors (Lipinski definition) is 0. The van der Waals surface area contributed by atoms with Crippen molar-refractivity contribution in [1.29, 1.82) is 0 Å². The van der Waals surface area contributed by atoms with Crippen molar-refractivity contribution in [3.63, 3.8) is 0 Å². The summed E-state index contributed by atoms with van der Waals surface area (Å²) in [5, 5.41) is 1.15. The summed E-state index contributed by atoms with van der Waals surface area (Å²) in [4.78, 5) is 14.8. The van der Waals surface area contributed by atoms with Gasteiger partial charge in [-0.15, -0.1) is 0 Å². The molecule has 0 unspecified atom stereocenters. The Kier molecular flexibility index (Phi) is 6.69. The summed E-state index contributed by atoms with van der Waals surface area (Å²) in [6.45, 7) is 21.5. The van der Waals surface area contributed by atoms with E-state index in [2.05, 4.69) is 53.9 Å². The molecule has 3 atom stereocenters.